The van der Waals surface area contributed by atoms with Crippen molar-refractivity contribution in [3.8, 4) is 0 Å². The molecule has 3 rings (SSSR count). The largest absolute Gasteiger partial charge is 0.324 e. The number of nitrogens with zero attached hydrogens (tertiary/aromatic N) is 1. The lowest BCUT2D eigenvalue weighted by molar-refractivity contribution is 0.646. The molecule has 0 fully saturated rings. The zero-order valence-corrected chi connectivity index (χ0v) is 12.4. The van der Waals surface area contributed by atoms with E-state index in [1.54, 1.807) is 0 Å². The predicted molar refractivity (Wildman–Crippen MR) is 88.3 cm³/mol. The van der Waals surface area contributed by atoms with Gasteiger partial charge in [0.05, 0.1) is 11.0 Å². The first kappa shape index (κ1) is 14.8. The van der Waals surface area contributed by atoms with Crippen LogP contribution < -0.4 is 5.73 Å². The number of fused-ring (bicyclic) bond motifs is 2. The number of halogens is 1. The molecule has 0 radical (unpaired) electrons. The second-order valence-electron chi connectivity index (χ2n) is 4.95. The van der Waals surface area contributed by atoms with Gasteiger partial charge < -0.3 is 5.73 Å². The Morgan fingerprint density at radius 2 is 1.45 bits per heavy atom. The molecule has 0 bridgehead atoms. The molecule has 2 nitrogen and oxygen atoms in total. The molecule has 1 unspecified atom stereocenters. The fourth-order valence-electron chi connectivity index (χ4n) is 2.73. The van der Waals surface area contributed by atoms with Gasteiger partial charge in [0.15, 0.2) is 0 Å². The lowest BCUT2D eigenvalue weighted by Gasteiger charge is -2.16. The number of pyridine rings is 1. The Labute approximate surface area is 125 Å². The van der Waals surface area contributed by atoms with Crippen LogP contribution in [0, 0.1) is 0 Å². The van der Waals surface area contributed by atoms with E-state index in [4.69, 9.17) is 10.7 Å². The molecule has 0 amide bonds. The van der Waals surface area contributed by atoms with E-state index in [1.807, 2.05) is 12.1 Å². The molecule has 0 aliphatic carbocycles. The Morgan fingerprint density at radius 1 is 0.950 bits per heavy atom. The van der Waals surface area contributed by atoms with Crippen molar-refractivity contribution in [2.75, 3.05) is 0 Å². The van der Waals surface area contributed by atoms with Gasteiger partial charge in [-0.2, -0.15) is 0 Å². The van der Waals surface area contributed by atoms with Crippen LogP contribution in [0.4, 0.5) is 0 Å². The van der Waals surface area contributed by atoms with Crippen molar-refractivity contribution in [3.05, 3.63) is 54.1 Å². The van der Waals surface area contributed by atoms with Crippen LogP contribution in [0.2, 0.25) is 0 Å². The summed E-state index contributed by atoms with van der Waals surface area (Å²) in [5.41, 5.74) is 9.71. The van der Waals surface area contributed by atoms with E-state index < -0.39 is 0 Å². The molecule has 104 valence electrons. The number of para-hydroxylation sites is 2. The summed E-state index contributed by atoms with van der Waals surface area (Å²) in [5.74, 6) is 0. The van der Waals surface area contributed by atoms with Crippen LogP contribution in [0.25, 0.3) is 21.8 Å². The van der Waals surface area contributed by atoms with Crippen molar-refractivity contribution in [2.24, 2.45) is 5.73 Å². The number of hydrogen-bond acceptors (Lipinski definition) is 2. The maximum atomic E-state index is 6.41. The van der Waals surface area contributed by atoms with Gasteiger partial charge in [-0.3, -0.25) is 0 Å². The van der Waals surface area contributed by atoms with E-state index in [2.05, 4.69) is 43.3 Å². The lowest BCUT2D eigenvalue weighted by atomic mass is 9.94. The quantitative estimate of drug-likeness (QED) is 0.714. The Kier molecular flexibility index (Phi) is 4.58. The van der Waals surface area contributed by atoms with Crippen LogP contribution in [-0.4, -0.2) is 4.98 Å². The summed E-state index contributed by atoms with van der Waals surface area (Å²) in [4.78, 5) is 4.73. The van der Waals surface area contributed by atoms with E-state index in [-0.39, 0.29) is 18.4 Å². The second kappa shape index (κ2) is 6.21. The standard InChI is InChI=1S/C17H18N2.ClH/c1-2-7-14(18)17-12-8-3-5-10-15(12)19-16-11-6-4-9-13(16)17;/h3-6,8-11,14H,2,7,18H2,1H3;1H. The van der Waals surface area contributed by atoms with Crippen molar-refractivity contribution in [1.29, 1.82) is 0 Å². The molecule has 20 heavy (non-hydrogen) atoms. The second-order valence-corrected chi connectivity index (χ2v) is 4.95. The molecule has 2 N–H and O–H groups in total. The van der Waals surface area contributed by atoms with Gasteiger partial charge in [0, 0.05) is 16.8 Å². The molecular formula is C17H19ClN2. The fourth-order valence-corrected chi connectivity index (χ4v) is 2.73. The highest BCUT2D eigenvalue weighted by Crippen LogP contribution is 2.31. The third-order valence-electron chi connectivity index (χ3n) is 3.60. The Hall–Kier alpha value is -1.64. The Bertz CT molecular complexity index is 670. The maximum absolute atomic E-state index is 6.41. The minimum Gasteiger partial charge on any atom is -0.324 e. The molecule has 2 aromatic carbocycles. The summed E-state index contributed by atoms with van der Waals surface area (Å²) < 4.78 is 0. The van der Waals surface area contributed by atoms with E-state index in [0.717, 1.165) is 23.9 Å². The van der Waals surface area contributed by atoms with Gasteiger partial charge in [0.25, 0.3) is 0 Å². The zero-order chi connectivity index (χ0) is 13.2. The van der Waals surface area contributed by atoms with Gasteiger partial charge >= 0.3 is 0 Å². The average molecular weight is 287 g/mol. The summed E-state index contributed by atoms with van der Waals surface area (Å²) in [6.07, 6.45) is 2.09. The summed E-state index contributed by atoms with van der Waals surface area (Å²) in [6, 6.07) is 16.6. The van der Waals surface area contributed by atoms with Gasteiger partial charge in [-0.05, 0) is 24.1 Å². The molecule has 3 heteroatoms. The predicted octanol–water partition coefficient (Wildman–Crippen LogP) is 4.61. The van der Waals surface area contributed by atoms with Crippen LogP contribution in [-0.2, 0) is 0 Å². The SMILES string of the molecule is CCCC(N)c1c2ccccc2nc2ccccc12.Cl. The first-order valence-corrected chi connectivity index (χ1v) is 6.84. The van der Waals surface area contributed by atoms with Crippen LogP contribution in [0.3, 0.4) is 0 Å². The fraction of sp³-hybridized carbons (Fsp3) is 0.235. The van der Waals surface area contributed by atoms with Gasteiger partial charge in [0.2, 0.25) is 0 Å². The minimum absolute atomic E-state index is 0. The smallest absolute Gasteiger partial charge is 0.0713 e. The van der Waals surface area contributed by atoms with Crippen LogP contribution in [0.15, 0.2) is 48.5 Å². The molecule has 1 aromatic heterocycles. The van der Waals surface area contributed by atoms with Gasteiger partial charge in [-0.1, -0.05) is 49.7 Å². The molecule has 1 heterocycles. The topological polar surface area (TPSA) is 38.9 Å². The highest BCUT2D eigenvalue weighted by atomic mass is 35.5. The molecule has 0 saturated carbocycles. The highest BCUT2D eigenvalue weighted by molar-refractivity contribution is 5.97. The van der Waals surface area contributed by atoms with Crippen molar-refractivity contribution in [3.63, 3.8) is 0 Å². The van der Waals surface area contributed by atoms with Crippen LogP contribution >= 0.6 is 12.4 Å². The lowest BCUT2D eigenvalue weighted by Crippen LogP contribution is -2.11. The van der Waals surface area contributed by atoms with E-state index in [1.165, 1.54) is 16.3 Å². The van der Waals surface area contributed by atoms with Gasteiger partial charge in [-0.25, -0.2) is 4.98 Å². The molecule has 0 saturated heterocycles. The molecule has 0 spiro atoms. The van der Waals surface area contributed by atoms with E-state index in [0.29, 0.717) is 0 Å². The number of nitrogens with two attached hydrogens (primary N) is 1. The maximum Gasteiger partial charge on any atom is 0.0713 e. The third kappa shape index (κ3) is 2.49. The highest BCUT2D eigenvalue weighted by Gasteiger charge is 2.14. The van der Waals surface area contributed by atoms with Gasteiger partial charge in [0.1, 0.15) is 0 Å². The Balaban J connectivity index is 0.00000147. The van der Waals surface area contributed by atoms with Crippen molar-refractivity contribution in [1.82, 2.24) is 4.98 Å². The Morgan fingerprint density at radius 3 is 1.95 bits per heavy atom. The third-order valence-corrected chi connectivity index (χ3v) is 3.60. The monoisotopic (exact) mass is 286 g/mol. The molecule has 0 aliphatic heterocycles. The molecule has 3 aromatic rings. The van der Waals surface area contributed by atoms with E-state index >= 15 is 0 Å². The number of rotatable bonds is 3. The summed E-state index contributed by atoms with van der Waals surface area (Å²) in [6.45, 7) is 2.17. The average Bonchev–Trinajstić information content (AvgIpc) is 2.44. The van der Waals surface area contributed by atoms with E-state index in [9.17, 15) is 0 Å². The molecular weight excluding hydrogens is 268 g/mol. The van der Waals surface area contributed by atoms with Gasteiger partial charge in [-0.15, -0.1) is 12.4 Å². The normalized spacial score (nSPS) is 12.3. The molecule has 0 aliphatic rings. The summed E-state index contributed by atoms with van der Waals surface area (Å²) >= 11 is 0. The number of aromatic nitrogens is 1. The van der Waals surface area contributed by atoms with Crippen molar-refractivity contribution < 1.29 is 0 Å². The number of hydrogen-bond donors (Lipinski definition) is 1. The molecule has 1 atom stereocenters. The summed E-state index contributed by atoms with van der Waals surface area (Å²) in [5, 5.41) is 2.37. The zero-order valence-electron chi connectivity index (χ0n) is 11.5. The minimum atomic E-state index is 0. The first-order chi connectivity index (χ1) is 9.31. The van der Waals surface area contributed by atoms with Crippen LogP contribution in [0.1, 0.15) is 31.4 Å². The first-order valence-electron chi connectivity index (χ1n) is 6.84. The number of benzene rings is 2. The summed E-state index contributed by atoms with van der Waals surface area (Å²) in [7, 11) is 0. The van der Waals surface area contributed by atoms with Crippen LogP contribution in [0.5, 0.6) is 0 Å². The van der Waals surface area contributed by atoms with Crippen molar-refractivity contribution >= 4 is 34.2 Å². The van der Waals surface area contributed by atoms with Crippen molar-refractivity contribution in [2.45, 2.75) is 25.8 Å².